The van der Waals surface area contributed by atoms with Crippen molar-refractivity contribution in [3.05, 3.63) is 182 Å². The third-order valence-electron chi connectivity index (χ3n) is 10.5. The van der Waals surface area contributed by atoms with Gasteiger partial charge in [-0.25, -0.2) is 9.97 Å². The van der Waals surface area contributed by atoms with E-state index < -0.39 is 0 Å². The maximum Gasteiger partial charge on any atom is 0.160 e. The van der Waals surface area contributed by atoms with Crippen LogP contribution in [0.2, 0.25) is 0 Å². The molecule has 0 atom stereocenters. The molecule has 54 heavy (non-hydrogen) atoms. The Hall–Kier alpha value is -6.88. The molecule has 0 aliphatic rings. The van der Waals surface area contributed by atoms with Crippen molar-refractivity contribution in [1.29, 1.82) is 0 Å². The number of rotatable bonds is 5. The summed E-state index contributed by atoms with van der Waals surface area (Å²) in [6.45, 7) is 0. The molecule has 3 nitrogen and oxygen atoms in total. The lowest BCUT2D eigenvalue weighted by molar-refractivity contribution is 0.669. The van der Waals surface area contributed by atoms with Gasteiger partial charge in [-0.15, -0.1) is 11.3 Å². The van der Waals surface area contributed by atoms with Gasteiger partial charge in [0.1, 0.15) is 11.2 Å². The first-order chi connectivity index (χ1) is 26.7. The fourth-order valence-corrected chi connectivity index (χ4v) is 9.01. The van der Waals surface area contributed by atoms with Crippen molar-refractivity contribution >= 4 is 64.4 Å². The fourth-order valence-electron chi connectivity index (χ4n) is 7.83. The zero-order valence-corrected chi connectivity index (χ0v) is 29.8. The van der Waals surface area contributed by atoms with Crippen LogP contribution in [0.25, 0.3) is 109 Å². The van der Waals surface area contributed by atoms with E-state index in [-0.39, 0.29) is 0 Å². The Labute approximate surface area is 315 Å². The molecular formula is C50H30N2OS. The molecule has 0 amide bonds. The number of benzene rings is 8. The second kappa shape index (κ2) is 12.4. The first-order valence-corrected chi connectivity index (χ1v) is 19.0. The predicted octanol–water partition coefficient (Wildman–Crippen LogP) is 14.2. The summed E-state index contributed by atoms with van der Waals surface area (Å²) in [7, 11) is 0. The standard InChI is InChI=1S/C50H30N2OS/c1-3-12-31(13-4-1)36-24-25-41-45(30-36)54-49-47(41)51-50(52-48(49)42-19-11-21-44-46(42)40-18-9-10-20-43(40)53-44)39-28-37(32-14-5-2-6-15-32)27-38(29-39)35-23-22-33-16-7-8-17-34(33)26-35/h1-30H. The zero-order valence-electron chi connectivity index (χ0n) is 29.0. The highest BCUT2D eigenvalue weighted by Gasteiger charge is 2.21. The summed E-state index contributed by atoms with van der Waals surface area (Å²) in [5, 5.41) is 5.70. The van der Waals surface area contributed by atoms with Crippen LogP contribution < -0.4 is 0 Å². The van der Waals surface area contributed by atoms with Crippen LogP contribution in [0.1, 0.15) is 0 Å². The minimum absolute atomic E-state index is 0.689. The molecule has 0 saturated carbocycles. The molecule has 0 radical (unpaired) electrons. The molecule has 0 saturated heterocycles. The van der Waals surface area contributed by atoms with E-state index >= 15 is 0 Å². The van der Waals surface area contributed by atoms with Crippen molar-refractivity contribution < 1.29 is 4.42 Å². The van der Waals surface area contributed by atoms with Crippen LogP contribution >= 0.6 is 11.3 Å². The van der Waals surface area contributed by atoms with Gasteiger partial charge in [-0.05, 0) is 86.6 Å². The highest BCUT2D eigenvalue weighted by atomic mass is 32.1. The molecular weight excluding hydrogens is 677 g/mol. The van der Waals surface area contributed by atoms with Crippen LogP contribution in [-0.4, -0.2) is 9.97 Å². The van der Waals surface area contributed by atoms with Crippen molar-refractivity contribution in [2.75, 3.05) is 0 Å². The number of hydrogen-bond donors (Lipinski definition) is 0. The van der Waals surface area contributed by atoms with Gasteiger partial charge < -0.3 is 4.42 Å². The minimum Gasteiger partial charge on any atom is -0.456 e. The van der Waals surface area contributed by atoms with Crippen LogP contribution in [0, 0.1) is 0 Å². The van der Waals surface area contributed by atoms with Crippen LogP contribution in [0.4, 0.5) is 0 Å². The monoisotopic (exact) mass is 706 g/mol. The van der Waals surface area contributed by atoms with Gasteiger partial charge in [0.2, 0.25) is 0 Å². The summed E-state index contributed by atoms with van der Waals surface area (Å²) in [5.41, 5.74) is 12.5. The van der Waals surface area contributed by atoms with E-state index in [1.807, 2.05) is 18.2 Å². The summed E-state index contributed by atoms with van der Waals surface area (Å²) in [6, 6.07) is 64.4. The largest absolute Gasteiger partial charge is 0.456 e. The SMILES string of the molecule is c1ccc(-c2cc(-c3ccc4ccccc4c3)cc(-c3nc(-c4cccc5oc6ccccc6c45)c4sc5cc(-c6ccccc6)ccc5c4n3)c2)cc1. The molecule has 0 aliphatic heterocycles. The Bertz CT molecular complexity index is 3220. The Kier molecular flexibility index (Phi) is 7.04. The molecule has 3 heterocycles. The Morgan fingerprint density at radius 3 is 1.89 bits per heavy atom. The second-order valence-corrected chi connectivity index (χ2v) is 14.8. The first-order valence-electron chi connectivity index (χ1n) is 18.1. The summed E-state index contributed by atoms with van der Waals surface area (Å²) >= 11 is 1.76. The maximum atomic E-state index is 6.39. The van der Waals surface area contributed by atoms with Crippen molar-refractivity contribution in [1.82, 2.24) is 9.97 Å². The van der Waals surface area contributed by atoms with E-state index in [0.717, 1.165) is 76.6 Å². The number of nitrogens with zero attached hydrogens (tertiary/aromatic N) is 2. The van der Waals surface area contributed by atoms with E-state index in [1.54, 1.807) is 11.3 Å². The maximum absolute atomic E-state index is 6.39. The lowest BCUT2D eigenvalue weighted by atomic mass is 9.94. The van der Waals surface area contributed by atoms with Crippen molar-refractivity contribution in [3.63, 3.8) is 0 Å². The van der Waals surface area contributed by atoms with Crippen LogP contribution in [0.3, 0.4) is 0 Å². The second-order valence-electron chi connectivity index (χ2n) is 13.8. The number of furan rings is 1. The molecule has 4 heteroatoms. The first kappa shape index (κ1) is 30.7. The lowest BCUT2D eigenvalue weighted by Crippen LogP contribution is -1.95. The van der Waals surface area contributed by atoms with Gasteiger partial charge in [0.25, 0.3) is 0 Å². The molecule has 0 fully saturated rings. The molecule has 3 aromatic heterocycles. The summed E-state index contributed by atoms with van der Waals surface area (Å²) in [4.78, 5) is 11.0. The quantitative estimate of drug-likeness (QED) is 0.179. The topological polar surface area (TPSA) is 38.9 Å². The number of thiophene rings is 1. The summed E-state index contributed by atoms with van der Waals surface area (Å²) < 4.78 is 8.62. The fraction of sp³-hybridized carbons (Fsp3) is 0. The van der Waals surface area contributed by atoms with E-state index in [4.69, 9.17) is 14.4 Å². The molecule has 0 unspecified atom stereocenters. The number of hydrogen-bond acceptors (Lipinski definition) is 4. The van der Waals surface area contributed by atoms with Gasteiger partial charge in [0.15, 0.2) is 5.82 Å². The molecule has 0 N–H and O–H groups in total. The predicted molar refractivity (Wildman–Crippen MR) is 227 cm³/mol. The van der Waals surface area contributed by atoms with E-state index in [2.05, 4.69) is 164 Å². The number of aromatic nitrogens is 2. The van der Waals surface area contributed by atoms with Crippen LogP contribution in [-0.2, 0) is 0 Å². The normalized spacial score (nSPS) is 11.7. The van der Waals surface area contributed by atoms with Gasteiger partial charge in [0.05, 0.1) is 15.9 Å². The van der Waals surface area contributed by atoms with Gasteiger partial charge in [-0.1, -0.05) is 140 Å². The number of para-hydroxylation sites is 1. The van der Waals surface area contributed by atoms with Gasteiger partial charge in [0, 0.05) is 32.0 Å². The average Bonchev–Trinajstić information content (AvgIpc) is 3.82. The Balaban J connectivity index is 1.20. The molecule has 0 spiro atoms. The zero-order chi connectivity index (χ0) is 35.6. The number of fused-ring (bicyclic) bond motifs is 7. The highest BCUT2D eigenvalue weighted by molar-refractivity contribution is 7.26. The smallest absolute Gasteiger partial charge is 0.160 e. The van der Waals surface area contributed by atoms with E-state index in [9.17, 15) is 0 Å². The third kappa shape index (κ3) is 5.11. The average molecular weight is 707 g/mol. The van der Waals surface area contributed by atoms with Gasteiger partial charge >= 0.3 is 0 Å². The highest BCUT2D eigenvalue weighted by Crippen LogP contribution is 2.45. The molecule has 252 valence electrons. The summed E-state index contributed by atoms with van der Waals surface area (Å²) in [6.07, 6.45) is 0. The third-order valence-corrected chi connectivity index (χ3v) is 11.6. The van der Waals surface area contributed by atoms with Crippen LogP contribution in [0.5, 0.6) is 0 Å². The lowest BCUT2D eigenvalue weighted by Gasteiger charge is -2.13. The Morgan fingerprint density at radius 2 is 1.06 bits per heavy atom. The Morgan fingerprint density at radius 1 is 0.407 bits per heavy atom. The molecule has 0 aliphatic carbocycles. The van der Waals surface area contributed by atoms with E-state index in [1.165, 1.54) is 26.6 Å². The minimum atomic E-state index is 0.689. The van der Waals surface area contributed by atoms with E-state index in [0.29, 0.717) is 5.82 Å². The van der Waals surface area contributed by atoms with Crippen molar-refractivity contribution in [3.8, 4) is 56.0 Å². The summed E-state index contributed by atoms with van der Waals surface area (Å²) in [5.74, 6) is 0.689. The van der Waals surface area contributed by atoms with Gasteiger partial charge in [-0.2, -0.15) is 0 Å². The van der Waals surface area contributed by atoms with Crippen molar-refractivity contribution in [2.24, 2.45) is 0 Å². The molecule has 8 aromatic carbocycles. The molecule has 0 bridgehead atoms. The van der Waals surface area contributed by atoms with Crippen LogP contribution in [0.15, 0.2) is 186 Å². The molecule has 11 aromatic rings. The van der Waals surface area contributed by atoms with Gasteiger partial charge in [-0.3, -0.25) is 0 Å². The molecule has 11 rings (SSSR count). The van der Waals surface area contributed by atoms with Crippen molar-refractivity contribution in [2.45, 2.75) is 0 Å².